The minimum absolute atomic E-state index is 0.612. The van der Waals surface area contributed by atoms with Crippen LogP contribution < -0.4 is 0 Å². The molecule has 0 saturated heterocycles. The Morgan fingerprint density at radius 1 is 0.403 bits per heavy atom. The SMILES string of the molecule is Cc1ccc(C)n2nc(CCc3nc4c5ccc(-c6ccc7nc(CCc8nc9c%10nccc(-c%11ccc%12nc(CCc%13nc%14c%15nccnc%15ccc%14n%13C)nn%12c%11)c%10ccc9n8C)nn7c6)nc5ccc4n3C)nc12. The first-order valence-electron chi connectivity index (χ1n) is 25.7. The largest absolute Gasteiger partial charge is 0.331 e. The average Bonchev–Trinajstić information content (AvgIpc) is 4.35. The van der Waals surface area contributed by atoms with Crippen LogP contribution in [0.3, 0.4) is 0 Å². The Labute approximate surface area is 437 Å². The van der Waals surface area contributed by atoms with Gasteiger partial charge in [-0.2, -0.15) is 15.3 Å². The summed E-state index contributed by atoms with van der Waals surface area (Å²) in [6, 6.07) is 31.1. The van der Waals surface area contributed by atoms with E-state index in [1.807, 2.05) is 63.4 Å². The molecule has 0 saturated carbocycles. The molecule has 15 aromatic rings. The van der Waals surface area contributed by atoms with Gasteiger partial charge in [-0.1, -0.05) is 6.07 Å². The van der Waals surface area contributed by atoms with Crippen LogP contribution in [0, 0.1) is 13.8 Å². The van der Waals surface area contributed by atoms with Crippen molar-refractivity contribution in [3.8, 4) is 22.4 Å². The summed E-state index contributed by atoms with van der Waals surface area (Å²) in [7, 11) is 6.17. The van der Waals surface area contributed by atoms with Gasteiger partial charge >= 0.3 is 0 Å². The summed E-state index contributed by atoms with van der Waals surface area (Å²) in [6.45, 7) is 4.12. The molecule has 19 heteroatoms. The first kappa shape index (κ1) is 44.6. The van der Waals surface area contributed by atoms with Gasteiger partial charge in [-0.25, -0.2) is 48.4 Å². The quantitative estimate of drug-likeness (QED) is 0.119. The number of aryl methyl sites for hydroxylation is 11. The first-order valence-corrected chi connectivity index (χ1v) is 25.7. The zero-order valence-electron chi connectivity index (χ0n) is 42.8. The standard InChI is InChI=1S/C58H47N19/c1-32-6-7-33(2)77-58(32)65-47(71-77)20-25-48-66-53-38-10-12-39(62-40(38)13-16-42(53)72(48)3)35-9-22-52-64-46(70-76(52)31-35)18-23-49-67-56-43(73(49)4)15-11-37-36(26-27-60-54(37)56)34-8-21-51-63-45(69-75(51)30-34)19-24-50-68-57-44(74(50)5)17-14-41-55(57)61-29-28-59-41/h6-17,21-22,26-31H,18-20,23-25H2,1-5H3. The van der Waals surface area contributed by atoms with Crippen molar-refractivity contribution < 1.29 is 0 Å². The fraction of sp³-hybridized carbons (Fsp3) is 0.190. The number of benzene rings is 3. The fourth-order valence-electron chi connectivity index (χ4n) is 11.0. The smallest absolute Gasteiger partial charge is 0.158 e. The second kappa shape index (κ2) is 17.1. The third-order valence-electron chi connectivity index (χ3n) is 15.2. The molecule has 0 N–H and O–H groups in total. The molecule has 12 heterocycles. The molecule has 0 fully saturated rings. The highest BCUT2D eigenvalue weighted by Crippen LogP contribution is 2.33. The van der Waals surface area contributed by atoms with E-state index in [4.69, 9.17) is 55.2 Å². The Hall–Kier alpha value is -9.91. The number of rotatable bonds is 11. The molecule has 0 aliphatic carbocycles. The Morgan fingerprint density at radius 2 is 0.974 bits per heavy atom. The van der Waals surface area contributed by atoms with Gasteiger partial charge in [0, 0.05) is 118 Å². The lowest BCUT2D eigenvalue weighted by Gasteiger charge is -2.07. The van der Waals surface area contributed by atoms with Gasteiger partial charge < -0.3 is 13.7 Å². The van der Waals surface area contributed by atoms with E-state index in [1.165, 1.54) is 0 Å². The van der Waals surface area contributed by atoms with Crippen molar-refractivity contribution in [1.82, 2.24) is 92.4 Å². The summed E-state index contributed by atoms with van der Waals surface area (Å²) in [5.74, 6) is 5.16. The molecule has 19 nitrogen and oxygen atoms in total. The number of pyridine rings is 5. The molecule has 0 radical (unpaired) electrons. The zero-order valence-corrected chi connectivity index (χ0v) is 42.8. The van der Waals surface area contributed by atoms with Gasteiger partial charge in [0.15, 0.2) is 34.4 Å². The van der Waals surface area contributed by atoms with Gasteiger partial charge in [0.1, 0.15) is 34.0 Å². The lowest BCUT2D eigenvalue weighted by atomic mass is 10.0. The van der Waals surface area contributed by atoms with Crippen LogP contribution in [0.2, 0.25) is 0 Å². The summed E-state index contributed by atoms with van der Waals surface area (Å²) in [6.07, 6.45) is 13.3. The highest BCUT2D eigenvalue weighted by Gasteiger charge is 2.19. The van der Waals surface area contributed by atoms with Crippen LogP contribution in [0.4, 0.5) is 0 Å². The number of imidazole rings is 3. The van der Waals surface area contributed by atoms with Crippen molar-refractivity contribution in [2.75, 3.05) is 0 Å². The van der Waals surface area contributed by atoms with Gasteiger partial charge in [0.2, 0.25) is 0 Å². The van der Waals surface area contributed by atoms with E-state index in [2.05, 4.69) is 118 Å². The van der Waals surface area contributed by atoms with Gasteiger partial charge in [-0.15, -0.1) is 0 Å². The summed E-state index contributed by atoms with van der Waals surface area (Å²) in [4.78, 5) is 48.9. The van der Waals surface area contributed by atoms with E-state index in [9.17, 15) is 0 Å². The van der Waals surface area contributed by atoms with Crippen molar-refractivity contribution in [3.63, 3.8) is 0 Å². The number of hydrogen-bond donors (Lipinski definition) is 0. The topological polar surface area (TPSA) is 196 Å². The maximum absolute atomic E-state index is 5.19. The van der Waals surface area contributed by atoms with Crippen LogP contribution in [0.15, 0.2) is 122 Å². The van der Waals surface area contributed by atoms with Gasteiger partial charge in [0.25, 0.3) is 0 Å². The van der Waals surface area contributed by atoms with Crippen LogP contribution in [0.1, 0.15) is 46.2 Å². The summed E-state index contributed by atoms with van der Waals surface area (Å²) in [5, 5.41) is 16.6. The molecule has 12 aromatic heterocycles. The molecule has 0 spiro atoms. The van der Waals surface area contributed by atoms with E-state index in [-0.39, 0.29) is 0 Å². The second-order valence-corrected chi connectivity index (χ2v) is 19.9. The van der Waals surface area contributed by atoms with Gasteiger partial charge in [0.05, 0.1) is 44.3 Å². The Kier molecular flexibility index (Phi) is 9.88. The molecule has 0 amide bonds. The Morgan fingerprint density at radius 3 is 1.68 bits per heavy atom. The molecular weight excluding hydrogens is 963 g/mol. The van der Waals surface area contributed by atoms with Crippen molar-refractivity contribution in [1.29, 1.82) is 0 Å². The molecule has 0 aliphatic rings. The Bertz CT molecular complexity index is 4870. The second-order valence-electron chi connectivity index (χ2n) is 19.9. The third-order valence-corrected chi connectivity index (χ3v) is 15.2. The van der Waals surface area contributed by atoms with E-state index in [1.54, 1.807) is 12.4 Å². The molecule has 15 rings (SSSR count). The normalized spacial score (nSPS) is 12.3. The zero-order chi connectivity index (χ0) is 51.6. The van der Waals surface area contributed by atoms with Crippen LogP contribution in [0.25, 0.3) is 105 Å². The maximum atomic E-state index is 5.19. The van der Waals surface area contributed by atoms with Crippen LogP contribution >= 0.6 is 0 Å². The monoisotopic (exact) mass is 1010 g/mol. The highest BCUT2D eigenvalue weighted by molar-refractivity contribution is 6.08. The summed E-state index contributed by atoms with van der Waals surface area (Å²) in [5.41, 5.74) is 17.6. The predicted octanol–water partition coefficient (Wildman–Crippen LogP) is 8.82. The number of aromatic nitrogens is 19. The number of nitrogens with zero attached hydrogens (tertiary/aromatic N) is 19. The molecule has 0 bridgehead atoms. The van der Waals surface area contributed by atoms with Crippen LogP contribution in [-0.2, 0) is 59.7 Å². The lowest BCUT2D eigenvalue weighted by molar-refractivity contribution is 0.753. The number of fused-ring (bicyclic) bond motifs is 12. The van der Waals surface area contributed by atoms with E-state index >= 15 is 0 Å². The maximum Gasteiger partial charge on any atom is 0.158 e. The highest BCUT2D eigenvalue weighted by atomic mass is 15.3. The molecule has 0 atom stereocenters. The van der Waals surface area contributed by atoms with E-state index in [0.29, 0.717) is 32.1 Å². The molecule has 77 heavy (non-hydrogen) atoms. The molecule has 3 aromatic carbocycles. The lowest BCUT2D eigenvalue weighted by Crippen LogP contribution is -2.02. The minimum atomic E-state index is 0.612. The van der Waals surface area contributed by atoms with Gasteiger partial charge in [-0.05, 0) is 110 Å². The Balaban J connectivity index is 0.645. The molecule has 0 unspecified atom stereocenters. The summed E-state index contributed by atoms with van der Waals surface area (Å²) < 4.78 is 12.1. The van der Waals surface area contributed by atoms with Crippen LogP contribution in [-0.4, -0.2) is 92.4 Å². The third kappa shape index (κ3) is 7.28. The van der Waals surface area contributed by atoms with Crippen molar-refractivity contribution in [2.45, 2.75) is 52.4 Å². The van der Waals surface area contributed by atoms with Crippen molar-refractivity contribution >= 4 is 82.9 Å². The number of hydrogen-bond acceptors (Lipinski definition) is 13. The van der Waals surface area contributed by atoms with Crippen LogP contribution in [0.5, 0.6) is 0 Å². The van der Waals surface area contributed by atoms with E-state index < -0.39 is 0 Å². The first-order chi connectivity index (χ1) is 37.6. The summed E-state index contributed by atoms with van der Waals surface area (Å²) >= 11 is 0. The minimum Gasteiger partial charge on any atom is -0.331 e. The predicted molar refractivity (Wildman–Crippen MR) is 294 cm³/mol. The molecule has 374 valence electrons. The average molecular weight is 1010 g/mol. The fourth-order valence-corrected chi connectivity index (χ4v) is 11.0. The van der Waals surface area contributed by atoms with Crippen molar-refractivity contribution in [2.24, 2.45) is 21.1 Å². The molecular formula is C58H47N19. The van der Waals surface area contributed by atoms with Gasteiger partial charge in [-0.3, -0.25) is 15.0 Å². The van der Waals surface area contributed by atoms with Crippen molar-refractivity contribution in [3.05, 3.63) is 168 Å². The van der Waals surface area contributed by atoms with E-state index in [0.717, 1.165) is 158 Å². The molecule has 0 aliphatic heterocycles.